The van der Waals surface area contributed by atoms with Crippen LogP contribution in [0.5, 0.6) is 23.0 Å². The first-order chi connectivity index (χ1) is 13.2. The molecular formula is C18H14N2O8. The summed E-state index contributed by atoms with van der Waals surface area (Å²) in [7, 11) is 0. The molecule has 28 heavy (non-hydrogen) atoms. The van der Waals surface area contributed by atoms with Crippen molar-refractivity contribution in [1.29, 1.82) is 0 Å². The van der Waals surface area contributed by atoms with E-state index in [-0.39, 0.29) is 22.9 Å². The predicted octanol–water partition coefficient (Wildman–Crippen LogP) is 0.722. The van der Waals surface area contributed by atoms with Crippen molar-refractivity contribution in [2.24, 2.45) is 0 Å². The summed E-state index contributed by atoms with van der Waals surface area (Å²) >= 11 is 0. The molecule has 1 aliphatic heterocycles. The van der Waals surface area contributed by atoms with Gasteiger partial charge < -0.3 is 20.4 Å². The number of carbonyl (C=O) groups excluding carboxylic acids is 4. The van der Waals surface area contributed by atoms with Crippen molar-refractivity contribution in [3.8, 4) is 23.0 Å². The number of benzene rings is 2. The lowest BCUT2D eigenvalue weighted by Gasteiger charge is -2.28. The van der Waals surface area contributed by atoms with Gasteiger partial charge in [-0.1, -0.05) is 0 Å². The van der Waals surface area contributed by atoms with E-state index in [1.807, 2.05) is 0 Å². The maximum Gasteiger partial charge on any atom is 0.243 e. The first-order valence-electron chi connectivity index (χ1n) is 7.94. The minimum atomic E-state index is -1.01. The van der Waals surface area contributed by atoms with E-state index in [0.29, 0.717) is 9.80 Å². The topological polar surface area (TPSA) is 156 Å². The molecule has 1 aliphatic rings. The Morgan fingerprint density at radius 3 is 1.18 bits per heavy atom. The van der Waals surface area contributed by atoms with Crippen LogP contribution in [0.2, 0.25) is 0 Å². The van der Waals surface area contributed by atoms with Gasteiger partial charge >= 0.3 is 0 Å². The fourth-order valence-corrected chi connectivity index (χ4v) is 2.79. The van der Waals surface area contributed by atoms with E-state index in [2.05, 4.69) is 0 Å². The van der Waals surface area contributed by atoms with Crippen LogP contribution < -0.4 is 9.80 Å². The average molecular weight is 386 g/mol. The number of amides is 4. The van der Waals surface area contributed by atoms with Crippen LogP contribution in [0, 0.1) is 0 Å². The van der Waals surface area contributed by atoms with Gasteiger partial charge in [0.05, 0.1) is 11.4 Å². The number of carbonyl (C=O) groups is 4. The van der Waals surface area contributed by atoms with Gasteiger partial charge in [-0.25, -0.2) is 9.80 Å². The number of hydrogen-bond acceptors (Lipinski definition) is 8. The molecule has 4 N–H and O–H groups in total. The van der Waals surface area contributed by atoms with E-state index < -0.39 is 48.0 Å². The molecule has 0 atom stereocenters. The third kappa shape index (κ3) is 3.30. The fourth-order valence-electron chi connectivity index (χ4n) is 2.79. The molecular weight excluding hydrogens is 372 g/mol. The third-order valence-electron chi connectivity index (χ3n) is 4.00. The zero-order valence-corrected chi connectivity index (χ0v) is 14.2. The van der Waals surface area contributed by atoms with Gasteiger partial charge in [0.25, 0.3) is 0 Å². The molecule has 0 saturated carbocycles. The maximum atomic E-state index is 12.5. The van der Waals surface area contributed by atoms with Crippen molar-refractivity contribution in [1.82, 2.24) is 0 Å². The van der Waals surface area contributed by atoms with E-state index in [0.717, 1.165) is 36.4 Å². The van der Waals surface area contributed by atoms with Crippen LogP contribution in [0.4, 0.5) is 11.4 Å². The minimum absolute atomic E-state index is 0.283. The Bertz CT molecular complexity index is 907. The lowest BCUT2D eigenvalue weighted by Crippen LogP contribution is -2.49. The fraction of sp³-hybridized carbons (Fsp3) is 0.111. The van der Waals surface area contributed by atoms with Crippen molar-refractivity contribution < 1.29 is 39.6 Å². The van der Waals surface area contributed by atoms with Crippen molar-refractivity contribution >= 4 is 35.0 Å². The summed E-state index contributed by atoms with van der Waals surface area (Å²) in [6.07, 6.45) is -1.81. The largest absolute Gasteiger partial charge is 0.508 e. The lowest BCUT2D eigenvalue weighted by molar-refractivity contribution is -0.134. The van der Waals surface area contributed by atoms with Crippen molar-refractivity contribution in [3.05, 3.63) is 36.4 Å². The summed E-state index contributed by atoms with van der Waals surface area (Å²) in [4.78, 5) is 51.1. The number of phenols is 4. The first kappa shape index (κ1) is 18.7. The molecule has 2 aromatic rings. The Labute approximate surface area is 157 Å². The normalized spacial score (nSPS) is 15.6. The molecule has 2 aromatic carbocycles. The van der Waals surface area contributed by atoms with Gasteiger partial charge in [-0.3, -0.25) is 19.2 Å². The van der Waals surface area contributed by atoms with Gasteiger partial charge in [-0.2, -0.15) is 0 Å². The first-order valence-corrected chi connectivity index (χ1v) is 7.94. The molecule has 10 nitrogen and oxygen atoms in total. The van der Waals surface area contributed by atoms with Crippen molar-refractivity contribution in [3.63, 3.8) is 0 Å². The van der Waals surface area contributed by atoms with E-state index in [1.54, 1.807) is 0 Å². The molecule has 1 saturated heterocycles. The molecule has 0 spiro atoms. The van der Waals surface area contributed by atoms with Crippen molar-refractivity contribution in [2.45, 2.75) is 12.8 Å². The Morgan fingerprint density at radius 2 is 0.893 bits per heavy atom. The summed E-state index contributed by atoms with van der Waals surface area (Å²) in [6.45, 7) is 0. The molecule has 10 heteroatoms. The molecule has 144 valence electrons. The van der Waals surface area contributed by atoms with Gasteiger partial charge in [0.15, 0.2) is 0 Å². The maximum absolute atomic E-state index is 12.5. The van der Waals surface area contributed by atoms with Gasteiger partial charge in [-0.05, 0) is 24.3 Å². The summed E-state index contributed by atoms with van der Waals surface area (Å²) < 4.78 is 0. The Morgan fingerprint density at radius 1 is 0.571 bits per heavy atom. The number of phenolic OH excluding ortho intramolecular Hbond substituents is 4. The molecule has 0 aromatic heterocycles. The highest BCUT2D eigenvalue weighted by Crippen LogP contribution is 2.35. The lowest BCUT2D eigenvalue weighted by atomic mass is 10.1. The van der Waals surface area contributed by atoms with E-state index in [4.69, 9.17) is 0 Å². The number of hydrogen-bond donors (Lipinski definition) is 4. The van der Waals surface area contributed by atoms with E-state index in [1.165, 1.54) is 0 Å². The highest BCUT2D eigenvalue weighted by atomic mass is 16.3. The molecule has 1 heterocycles. The highest BCUT2D eigenvalue weighted by molar-refractivity contribution is 6.32. The van der Waals surface area contributed by atoms with E-state index in [9.17, 15) is 39.6 Å². The minimum Gasteiger partial charge on any atom is -0.508 e. The van der Waals surface area contributed by atoms with Crippen LogP contribution in [-0.4, -0.2) is 44.1 Å². The zero-order chi connectivity index (χ0) is 20.6. The molecule has 0 bridgehead atoms. The Hall–Kier alpha value is -4.08. The third-order valence-corrected chi connectivity index (χ3v) is 4.00. The van der Waals surface area contributed by atoms with Crippen LogP contribution >= 0.6 is 0 Å². The summed E-state index contributed by atoms with van der Waals surface area (Å²) in [5, 5.41) is 38.6. The number of nitrogens with zero attached hydrogens (tertiary/aromatic N) is 2. The van der Waals surface area contributed by atoms with Gasteiger partial charge in [0.2, 0.25) is 23.6 Å². The molecule has 1 fully saturated rings. The molecule has 4 amide bonds. The monoisotopic (exact) mass is 386 g/mol. The predicted molar refractivity (Wildman–Crippen MR) is 93.8 cm³/mol. The van der Waals surface area contributed by atoms with Crippen LogP contribution in [-0.2, 0) is 19.2 Å². The smallest absolute Gasteiger partial charge is 0.243 e. The molecule has 3 rings (SSSR count). The summed E-state index contributed by atoms with van der Waals surface area (Å²) in [5.41, 5.74) is -0.566. The SMILES string of the molecule is O=C1CC(=O)N(c2ccc(O)cc2O)C(=O)CC(=O)N1c1ccc(O)cc1O. The quantitative estimate of drug-likeness (QED) is 0.435. The average Bonchev–Trinajstić information content (AvgIpc) is 2.58. The summed E-state index contributed by atoms with van der Waals surface area (Å²) in [5.74, 6) is -5.83. The van der Waals surface area contributed by atoms with Gasteiger partial charge in [-0.15, -0.1) is 0 Å². The highest BCUT2D eigenvalue weighted by Gasteiger charge is 2.37. The Kier molecular flexibility index (Phi) is 4.62. The van der Waals surface area contributed by atoms with Gasteiger partial charge in [0.1, 0.15) is 35.8 Å². The Balaban J connectivity index is 2.00. The second-order valence-electron chi connectivity index (χ2n) is 5.95. The van der Waals surface area contributed by atoms with Crippen molar-refractivity contribution in [2.75, 3.05) is 9.80 Å². The second kappa shape index (κ2) is 6.91. The van der Waals surface area contributed by atoms with E-state index >= 15 is 0 Å². The van der Waals surface area contributed by atoms with Crippen LogP contribution in [0.3, 0.4) is 0 Å². The number of anilines is 2. The summed E-state index contributed by atoms with van der Waals surface area (Å²) in [6, 6.07) is 6.25. The van der Waals surface area contributed by atoms with Crippen LogP contribution in [0.1, 0.15) is 12.8 Å². The van der Waals surface area contributed by atoms with Crippen LogP contribution in [0.25, 0.3) is 0 Å². The van der Waals surface area contributed by atoms with Crippen LogP contribution in [0.15, 0.2) is 36.4 Å². The molecule has 0 aliphatic carbocycles. The number of imide groups is 2. The van der Waals surface area contributed by atoms with Gasteiger partial charge in [0, 0.05) is 12.1 Å². The second-order valence-corrected chi connectivity index (χ2v) is 5.95. The number of rotatable bonds is 2. The molecule has 0 radical (unpaired) electrons. The number of aromatic hydroxyl groups is 4. The standard InChI is InChI=1S/C18H14N2O8/c21-9-1-3-11(13(23)5-9)19-15(25)7-17(27)20(18(28)8-16(19)26)12-4-2-10(22)6-14(12)24/h1-6,21-24H,7-8H2. The molecule has 0 unspecified atom stereocenters. The zero-order valence-electron chi connectivity index (χ0n) is 14.2.